The van der Waals surface area contributed by atoms with E-state index in [-0.39, 0.29) is 17.9 Å². The summed E-state index contributed by atoms with van der Waals surface area (Å²) in [5.74, 6) is -0.569. The lowest BCUT2D eigenvalue weighted by Crippen LogP contribution is -2.57. The Bertz CT molecular complexity index is 588. The fourth-order valence-electron chi connectivity index (χ4n) is 2.02. The van der Waals surface area contributed by atoms with Gasteiger partial charge in [0, 0.05) is 0 Å². The number of pyridine rings is 1. The lowest BCUT2D eigenvalue weighted by Gasteiger charge is -2.39. The van der Waals surface area contributed by atoms with E-state index in [2.05, 4.69) is 4.98 Å². The fourth-order valence-corrected chi connectivity index (χ4v) is 2.02. The molecule has 1 aliphatic heterocycles. The highest BCUT2D eigenvalue weighted by atomic mass is 16.6. The Morgan fingerprint density at radius 1 is 1.36 bits per heavy atom. The first kappa shape index (κ1) is 16.1. The average molecular weight is 308 g/mol. The molecule has 0 aromatic carbocycles. The number of nitrogens with zero attached hydrogens (tertiary/aromatic N) is 2. The largest absolute Gasteiger partial charge is 0.485 e. The van der Waals surface area contributed by atoms with E-state index in [0.29, 0.717) is 24.4 Å². The third kappa shape index (κ3) is 3.87. The van der Waals surface area contributed by atoms with Crippen molar-refractivity contribution in [3.05, 3.63) is 23.5 Å². The fraction of sp³-hybridized carbons (Fsp3) is 0.533. The van der Waals surface area contributed by atoms with Gasteiger partial charge in [-0.05, 0) is 39.3 Å². The molecule has 0 saturated carbocycles. The SMILES string of the molecule is Cc1cc(OC2CN(C(=O)OC(C)(C)C)C2)cnc1C(=O)O. The van der Waals surface area contributed by atoms with Crippen LogP contribution in [0.25, 0.3) is 0 Å². The lowest BCUT2D eigenvalue weighted by molar-refractivity contribution is -0.0222. The highest BCUT2D eigenvalue weighted by Gasteiger charge is 2.35. The van der Waals surface area contributed by atoms with Crippen LogP contribution in [0.3, 0.4) is 0 Å². The summed E-state index contributed by atoms with van der Waals surface area (Å²) in [6.45, 7) is 7.99. The van der Waals surface area contributed by atoms with Crippen molar-refractivity contribution in [2.45, 2.75) is 39.4 Å². The third-order valence-corrected chi connectivity index (χ3v) is 3.06. The first-order valence-electron chi connectivity index (χ1n) is 7.00. The van der Waals surface area contributed by atoms with Crippen molar-refractivity contribution in [2.75, 3.05) is 13.1 Å². The molecule has 22 heavy (non-hydrogen) atoms. The topological polar surface area (TPSA) is 89.0 Å². The summed E-state index contributed by atoms with van der Waals surface area (Å²) in [7, 11) is 0. The number of amides is 1. The van der Waals surface area contributed by atoms with Crippen molar-refractivity contribution >= 4 is 12.1 Å². The van der Waals surface area contributed by atoms with Crippen molar-refractivity contribution in [1.82, 2.24) is 9.88 Å². The number of aromatic nitrogens is 1. The van der Waals surface area contributed by atoms with E-state index in [1.807, 2.05) is 20.8 Å². The lowest BCUT2D eigenvalue weighted by atomic mass is 10.1. The molecule has 2 heterocycles. The van der Waals surface area contributed by atoms with E-state index in [1.165, 1.54) is 6.20 Å². The van der Waals surface area contributed by atoms with Crippen molar-refractivity contribution in [1.29, 1.82) is 0 Å². The van der Waals surface area contributed by atoms with Crippen LogP contribution in [0.5, 0.6) is 5.75 Å². The zero-order chi connectivity index (χ0) is 16.5. The molecule has 0 bridgehead atoms. The second kappa shape index (κ2) is 5.82. The summed E-state index contributed by atoms with van der Waals surface area (Å²) in [5, 5.41) is 8.92. The Hall–Kier alpha value is -2.31. The Morgan fingerprint density at radius 3 is 2.50 bits per heavy atom. The quantitative estimate of drug-likeness (QED) is 0.919. The molecule has 1 saturated heterocycles. The second-order valence-corrected chi connectivity index (χ2v) is 6.27. The van der Waals surface area contributed by atoms with Crippen LogP contribution in [0, 0.1) is 6.92 Å². The van der Waals surface area contributed by atoms with Gasteiger partial charge in [0.05, 0.1) is 19.3 Å². The summed E-state index contributed by atoms with van der Waals surface area (Å²) in [6.07, 6.45) is 0.888. The van der Waals surface area contributed by atoms with Crippen LogP contribution in [0.1, 0.15) is 36.8 Å². The Kier molecular flexibility index (Phi) is 4.25. The molecule has 0 atom stereocenters. The monoisotopic (exact) mass is 308 g/mol. The van der Waals surface area contributed by atoms with Gasteiger partial charge >= 0.3 is 12.1 Å². The van der Waals surface area contributed by atoms with E-state index in [0.717, 1.165) is 0 Å². The minimum Gasteiger partial charge on any atom is -0.485 e. The van der Waals surface area contributed by atoms with Gasteiger partial charge in [-0.25, -0.2) is 14.6 Å². The molecule has 7 heteroatoms. The van der Waals surface area contributed by atoms with Crippen LogP contribution in [0.4, 0.5) is 4.79 Å². The van der Waals surface area contributed by atoms with Crippen LogP contribution in [0.15, 0.2) is 12.3 Å². The number of hydrogen-bond donors (Lipinski definition) is 1. The zero-order valence-electron chi connectivity index (χ0n) is 13.1. The smallest absolute Gasteiger partial charge is 0.410 e. The van der Waals surface area contributed by atoms with Crippen molar-refractivity contribution < 1.29 is 24.2 Å². The summed E-state index contributed by atoms with van der Waals surface area (Å²) in [5.41, 5.74) is 0.0288. The van der Waals surface area contributed by atoms with Gasteiger partial charge in [-0.1, -0.05) is 0 Å². The second-order valence-electron chi connectivity index (χ2n) is 6.27. The number of aryl methyl sites for hydroxylation is 1. The van der Waals surface area contributed by atoms with Crippen LogP contribution in [-0.2, 0) is 4.74 Å². The molecular formula is C15H20N2O5. The predicted octanol–water partition coefficient (Wildman–Crippen LogP) is 2.09. The van der Waals surface area contributed by atoms with Gasteiger partial charge in [0.25, 0.3) is 0 Å². The summed E-state index contributed by atoms with van der Waals surface area (Å²) in [6, 6.07) is 1.63. The van der Waals surface area contributed by atoms with Crippen LogP contribution >= 0.6 is 0 Å². The Balaban J connectivity index is 1.87. The first-order chi connectivity index (χ1) is 10.2. The van der Waals surface area contributed by atoms with Gasteiger partial charge in [0.1, 0.15) is 17.5 Å². The van der Waals surface area contributed by atoms with E-state index in [9.17, 15) is 9.59 Å². The number of carboxylic acids is 1. The number of carboxylic acid groups (broad SMARTS) is 1. The van der Waals surface area contributed by atoms with E-state index in [1.54, 1.807) is 17.9 Å². The molecule has 1 N–H and O–H groups in total. The van der Waals surface area contributed by atoms with Crippen LogP contribution < -0.4 is 4.74 Å². The van der Waals surface area contributed by atoms with E-state index >= 15 is 0 Å². The molecule has 7 nitrogen and oxygen atoms in total. The third-order valence-electron chi connectivity index (χ3n) is 3.06. The van der Waals surface area contributed by atoms with Gasteiger partial charge < -0.3 is 19.5 Å². The minimum absolute atomic E-state index is 0.0105. The molecule has 1 amide bonds. The molecule has 0 aliphatic carbocycles. The highest BCUT2D eigenvalue weighted by Crippen LogP contribution is 2.21. The van der Waals surface area contributed by atoms with Gasteiger partial charge in [0.2, 0.25) is 0 Å². The van der Waals surface area contributed by atoms with Gasteiger partial charge in [-0.15, -0.1) is 0 Å². The number of likely N-dealkylation sites (tertiary alicyclic amines) is 1. The molecule has 2 rings (SSSR count). The molecule has 1 aliphatic rings. The number of carbonyl (C=O) groups is 2. The van der Waals surface area contributed by atoms with Gasteiger partial charge in [0.15, 0.2) is 5.69 Å². The summed E-state index contributed by atoms with van der Waals surface area (Å²) < 4.78 is 10.9. The van der Waals surface area contributed by atoms with Crippen molar-refractivity contribution in [3.8, 4) is 5.75 Å². The van der Waals surface area contributed by atoms with Gasteiger partial charge in [-0.3, -0.25) is 0 Å². The molecular weight excluding hydrogens is 288 g/mol. The molecule has 120 valence electrons. The molecule has 0 spiro atoms. The Morgan fingerprint density at radius 2 is 2.00 bits per heavy atom. The number of rotatable bonds is 3. The number of aromatic carboxylic acids is 1. The predicted molar refractivity (Wildman–Crippen MR) is 78.2 cm³/mol. The first-order valence-corrected chi connectivity index (χ1v) is 7.00. The zero-order valence-corrected chi connectivity index (χ0v) is 13.1. The number of carbonyl (C=O) groups excluding carboxylic acids is 1. The van der Waals surface area contributed by atoms with Crippen LogP contribution in [-0.4, -0.2) is 51.8 Å². The summed E-state index contributed by atoms with van der Waals surface area (Å²) in [4.78, 5) is 28.1. The average Bonchev–Trinajstić information content (AvgIpc) is 2.30. The molecule has 1 fully saturated rings. The maximum atomic E-state index is 11.8. The number of ether oxygens (including phenoxy) is 2. The molecule has 0 radical (unpaired) electrons. The van der Waals surface area contributed by atoms with Crippen LogP contribution in [0.2, 0.25) is 0 Å². The maximum absolute atomic E-state index is 11.8. The normalized spacial score (nSPS) is 15.2. The van der Waals surface area contributed by atoms with Crippen molar-refractivity contribution in [3.63, 3.8) is 0 Å². The van der Waals surface area contributed by atoms with E-state index < -0.39 is 11.6 Å². The van der Waals surface area contributed by atoms with E-state index in [4.69, 9.17) is 14.6 Å². The molecule has 1 aromatic rings. The standard InChI is InChI=1S/C15H20N2O5/c1-9-5-10(6-16-12(9)13(18)19)21-11-7-17(8-11)14(20)22-15(2,3)4/h5-6,11H,7-8H2,1-4H3,(H,18,19). The summed E-state index contributed by atoms with van der Waals surface area (Å²) >= 11 is 0. The molecule has 1 aromatic heterocycles. The number of hydrogen-bond acceptors (Lipinski definition) is 5. The molecule has 0 unspecified atom stereocenters. The highest BCUT2D eigenvalue weighted by molar-refractivity contribution is 5.87. The van der Waals surface area contributed by atoms with Gasteiger partial charge in [-0.2, -0.15) is 0 Å². The Labute approximate surface area is 128 Å². The minimum atomic E-state index is -1.07. The van der Waals surface area contributed by atoms with Crippen molar-refractivity contribution in [2.24, 2.45) is 0 Å². The maximum Gasteiger partial charge on any atom is 0.410 e.